The van der Waals surface area contributed by atoms with Crippen molar-refractivity contribution in [2.45, 2.75) is 145 Å². The van der Waals surface area contributed by atoms with Crippen molar-refractivity contribution in [3.8, 4) is 0 Å². The van der Waals surface area contributed by atoms with Gasteiger partial charge < -0.3 is 8.85 Å². The molecule has 3 rings (SSSR count). The van der Waals surface area contributed by atoms with Gasteiger partial charge in [-0.15, -0.1) is 0 Å². The average Bonchev–Trinajstić information content (AvgIpc) is 2.97. The third-order valence-electron chi connectivity index (χ3n) is 10.8. The molecule has 0 amide bonds. The van der Waals surface area contributed by atoms with E-state index in [-0.39, 0.29) is 10.1 Å². The van der Waals surface area contributed by atoms with Crippen LogP contribution in [0.3, 0.4) is 0 Å². The van der Waals surface area contributed by atoms with Gasteiger partial charge in [0.2, 0.25) is 0 Å². The van der Waals surface area contributed by atoms with Crippen LogP contribution in [0, 0.1) is 41.5 Å². The Morgan fingerprint density at radius 3 is 1.20 bits per heavy atom. The molecule has 0 radical (unpaired) electrons. The highest BCUT2D eigenvalue weighted by Crippen LogP contribution is 2.38. The summed E-state index contributed by atoms with van der Waals surface area (Å²) in [5.74, 6) is 0. The maximum atomic E-state index is 6.59. The molecule has 0 aliphatic carbocycles. The standard InChI is InChI=1S/C43H67N3O2Si2/c1-30-26-32(3)40(33(4)27-30)45-38(22-18-24-47-49(13,14)42(7,8)9)36-20-17-21-37(44-36)39(23-19-25-48-50(15,16)43(10,11)12)46-41-34(5)28-31(2)29-35(41)6/h17,20-21,26-29H,18-19,22-25H2,1-16H3. The van der Waals surface area contributed by atoms with Crippen LogP contribution in [0.4, 0.5) is 11.4 Å². The van der Waals surface area contributed by atoms with Crippen LogP contribution in [-0.4, -0.2) is 46.3 Å². The molecule has 0 saturated heterocycles. The molecule has 50 heavy (non-hydrogen) atoms. The average molecular weight is 714 g/mol. The summed E-state index contributed by atoms with van der Waals surface area (Å²) in [6.45, 7) is 37.4. The van der Waals surface area contributed by atoms with Crippen LogP contribution in [0.2, 0.25) is 36.3 Å². The second-order valence-corrected chi connectivity index (χ2v) is 27.1. The van der Waals surface area contributed by atoms with Crippen molar-refractivity contribution >= 4 is 39.4 Å². The molecule has 274 valence electrons. The molecule has 0 aliphatic rings. The van der Waals surface area contributed by atoms with E-state index in [0.29, 0.717) is 13.2 Å². The van der Waals surface area contributed by atoms with Gasteiger partial charge in [-0.2, -0.15) is 0 Å². The van der Waals surface area contributed by atoms with Gasteiger partial charge in [-0.25, -0.2) is 4.98 Å². The van der Waals surface area contributed by atoms with Crippen LogP contribution in [0.5, 0.6) is 0 Å². The molecule has 0 unspecified atom stereocenters. The minimum absolute atomic E-state index is 0.176. The lowest BCUT2D eigenvalue weighted by atomic mass is 10.0. The summed E-state index contributed by atoms with van der Waals surface area (Å²) in [6, 6.07) is 15.2. The molecule has 5 nitrogen and oxygen atoms in total. The molecule has 0 spiro atoms. The van der Waals surface area contributed by atoms with Gasteiger partial charge in [0, 0.05) is 13.2 Å². The minimum atomic E-state index is -1.85. The highest BCUT2D eigenvalue weighted by atomic mass is 28.4. The van der Waals surface area contributed by atoms with Crippen LogP contribution in [0.25, 0.3) is 0 Å². The summed E-state index contributed by atoms with van der Waals surface area (Å²) < 4.78 is 13.2. The molecule has 0 N–H and O–H groups in total. The molecule has 0 aliphatic heterocycles. The predicted molar refractivity (Wildman–Crippen MR) is 223 cm³/mol. The van der Waals surface area contributed by atoms with E-state index in [2.05, 4.69) is 152 Å². The number of nitrogens with zero attached hydrogens (tertiary/aromatic N) is 3. The highest BCUT2D eigenvalue weighted by molar-refractivity contribution is 6.74. The first kappa shape index (κ1) is 41.7. The summed E-state index contributed by atoms with van der Waals surface area (Å²) in [5.41, 5.74) is 13.1. The Labute approximate surface area is 307 Å². The Morgan fingerprint density at radius 2 is 0.900 bits per heavy atom. The Balaban J connectivity index is 2.06. The molecule has 0 bridgehead atoms. The zero-order valence-electron chi connectivity index (χ0n) is 34.4. The number of aliphatic imine (C=N–C) groups is 2. The SMILES string of the molecule is Cc1cc(C)c(N=C(CCCO[Si](C)(C)C(C)(C)C)c2cccc(C(CCCO[Si](C)(C)C(C)(C)C)=Nc3c(C)cc(C)cc3C)n2)c(C)c1. The fourth-order valence-electron chi connectivity index (χ4n) is 5.77. The van der Waals surface area contributed by atoms with E-state index in [1.807, 2.05) is 0 Å². The molecule has 3 aromatic rings. The van der Waals surface area contributed by atoms with Gasteiger partial charge in [0.05, 0.1) is 34.2 Å². The van der Waals surface area contributed by atoms with Crippen molar-refractivity contribution in [1.82, 2.24) is 4.98 Å². The fourth-order valence-corrected chi connectivity index (χ4v) is 7.95. The second kappa shape index (κ2) is 16.7. The lowest BCUT2D eigenvalue weighted by Gasteiger charge is -2.36. The van der Waals surface area contributed by atoms with Gasteiger partial charge in [-0.05, 0) is 138 Å². The summed E-state index contributed by atoms with van der Waals surface area (Å²) >= 11 is 0. The monoisotopic (exact) mass is 713 g/mol. The van der Waals surface area contributed by atoms with Crippen LogP contribution in [0.1, 0.15) is 112 Å². The van der Waals surface area contributed by atoms with Crippen LogP contribution < -0.4 is 0 Å². The Bertz CT molecular complexity index is 1520. The summed E-state index contributed by atoms with van der Waals surface area (Å²) in [6.07, 6.45) is 3.32. The zero-order valence-corrected chi connectivity index (χ0v) is 36.4. The largest absolute Gasteiger partial charge is 0.417 e. The van der Waals surface area contributed by atoms with Gasteiger partial charge in [0.25, 0.3) is 0 Å². The first-order valence-electron chi connectivity index (χ1n) is 18.6. The third kappa shape index (κ3) is 11.1. The summed E-state index contributed by atoms with van der Waals surface area (Å²) in [5, 5.41) is 0.352. The van der Waals surface area contributed by atoms with Crippen molar-refractivity contribution in [1.29, 1.82) is 0 Å². The number of hydrogen-bond acceptors (Lipinski definition) is 5. The van der Waals surface area contributed by atoms with Crippen molar-refractivity contribution in [2.75, 3.05) is 13.2 Å². The normalized spacial score (nSPS) is 13.7. The first-order chi connectivity index (χ1) is 23.0. The molecule has 0 atom stereocenters. The quantitative estimate of drug-likeness (QED) is 0.0949. The smallest absolute Gasteiger partial charge is 0.191 e. The Morgan fingerprint density at radius 1 is 0.580 bits per heavy atom. The van der Waals surface area contributed by atoms with Gasteiger partial charge >= 0.3 is 0 Å². The highest BCUT2D eigenvalue weighted by Gasteiger charge is 2.37. The van der Waals surface area contributed by atoms with Crippen molar-refractivity contribution in [3.63, 3.8) is 0 Å². The van der Waals surface area contributed by atoms with E-state index >= 15 is 0 Å². The van der Waals surface area contributed by atoms with Crippen molar-refractivity contribution < 1.29 is 8.85 Å². The maximum Gasteiger partial charge on any atom is 0.191 e. The molecule has 2 aromatic carbocycles. The number of hydrogen-bond donors (Lipinski definition) is 0. The third-order valence-corrected chi connectivity index (χ3v) is 19.8. The van der Waals surface area contributed by atoms with Crippen LogP contribution in [-0.2, 0) is 8.85 Å². The van der Waals surface area contributed by atoms with Gasteiger partial charge in [-0.1, -0.05) is 83.0 Å². The molecule has 1 aromatic heterocycles. The number of benzene rings is 2. The fraction of sp³-hybridized carbons (Fsp3) is 0.558. The minimum Gasteiger partial charge on any atom is -0.417 e. The van der Waals surface area contributed by atoms with Crippen molar-refractivity contribution in [3.05, 3.63) is 87.2 Å². The van der Waals surface area contributed by atoms with E-state index in [9.17, 15) is 0 Å². The van der Waals surface area contributed by atoms with E-state index in [1.165, 1.54) is 33.4 Å². The molecule has 0 fully saturated rings. The lowest BCUT2D eigenvalue weighted by Crippen LogP contribution is -2.41. The second-order valence-electron chi connectivity index (χ2n) is 17.4. The maximum absolute atomic E-state index is 6.59. The first-order valence-corrected chi connectivity index (χ1v) is 24.4. The number of aryl methyl sites for hydroxylation is 6. The Kier molecular flexibility index (Phi) is 14.0. The lowest BCUT2D eigenvalue weighted by molar-refractivity contribution is 0.284. The number of pyridine rings is 1. The summed E-state index contributed by atoms with van der Waals surface area (Å²) in [7, 11) is -3.69. The zero-order chi connectivity index (χ0) is 37.7. The number of aromatic nitrogens is 1. The van der Waals surface area contributed by atoms with Crippen LogP contribution in [0.15, 0.2) is 52.4 Å². The van der Waals surface area contributed by atoms with E-state index in [4.69, 9.17) is 23.8 Å². The van der Waals surface area contributed by atoms with E-state index in [1.54, 1.807) is 0 Å². The van der Waals surface area contributed by atoms with E-state index < -0.39 is 16.6 Å². The van der Waals surface area contributed by atoms with Crippen molar-refractivity contribution in [2.24, 2.45) is 9.98 Å². The topological polar surface area (TPSA) is 56.1 Å². The summed E-state index contributed by atoms with van der Waals surface area (Å²) in [4.78, 5) is 16.0. The van der Waals surface area contributed by atoms with Gasteiger partial charge in [0.15, 0.2) is 16.6 Å². The Hall–Kier alpha value is -2.72. The van der Waals surface area contributed by atoms with Gasteiger partial charge in [0.1, 0.15) is 0 Å². The molecule has 1 heterocycles. The molecular weight excluding hydrogens is 647 g/mol. The molecular formula is C43H67N3O2Si2. The predicted octanol–water partition coefficient (Wildman–Crippen LogP) is 12.8. The van der Waals surface area contributed by atoms with Gasteiger partial charge in [-0.3, -0.25) is 9.98 Å². The molecule has 7 heteroatoms. The number of rotatable bonds is 14. The van der Waals surface area contributed by atoms with E-state index in [0.717, 1.165) is 59.9 Å². The van der Waals surface area contributed by atoms with Crippen LogP contribution >= 0.6 is 0 Å². The molecule has 0 saturated carbocycles.